The Morgan fingerprint density at radius 2 is 2.67 bits per heavy atom. The Kier molecular flexibility index (Phi) is 2.13. The van der Waals surface area contributed by atoms with Crippen molar-refractivity contribution in [3.63, 3.8) is 0 Å². The van der Waals surface area contributed by atoms with Gasteiger partial charge < -0.3 is 10.1 Å². The highest BCUT2D eigenvalue weighted by Gasteiger charge is 1.93. The van der Waals surface area contributed by atoms with Gasteiger partial charge in [0.05, 0.1) is 5.94 Å². The van der Waals surface area contributed by atoms with E-state index < -0.39 is 0 Å². The van der Waals surface area contributed by atoms with E-state index >= 15 is 0 Å². The van der Waals surface area contributed by atoms with Gasteiger partial charge in [-0.05, 0) is 6.92 Å². The summed E-state index contributed by atoms with van der Waals surface area (Å²) in [7, 11) is 0. The topological polar surface area (TPSA) is 48.9 Å². The summed E-state index contributed by atoms with van der Waals surface area (Å²) in [5, 5.41) is 9.21. The molecule has 1 aromatic heterocycles. The second-order valence-corrected chi connectivity index (χ2v) is 2.58. The first-order valence-electron chi connectivity index (χ1n) is 2.58. The number of hydrogen-bond acceptors (Lipinski definition) is 3. The van der Waals surface area contributed by atoms with Crippen molar-refractivity contribution in [1.82, 2.24) is 9.97 Å². The molecule has 3 nitrogen and oxygen atoms in total. The predicted octanol–water partition coefficient (Wildman–Crippen LogP) is 0.760. The number of nitrogens with zero attached hydrogens (tertiary/aromatic N) is 1. The van der Waals surface area contributed by atoms with Gasteiger partial charge in [0, 0.05) is 11.9 Å². The van der Waals surface area contributed by atoms with Crippen LogP contribution in [0.15, 0.2) is 11.4 Å². The lowest BCUT2D eigenvalue weighted by Gasteiger charge is -1.86. The first-order valence-corrected chi connectivity index (χ1v) is 3.57. The molecule has 0 fully saturated rings. The second kappa shape index (κ2) is 2.89. The number of nitrogens with one attached hydrogen (secondary N) is 1. The molecule has 0 spiro atoms. The van der Waals surface area contributed by atoms with E-state index in [1.165, 1.54) is 11.8 Å². The lowest BCUT2D eigenvalue weighted by atomic mass is 10.6. The van der Waals surface area contributed by atoms with E-state index in [0.717, 1.165) is 10.9 Å². The molecule has 50 valence electrons. The summed E-state index contributed by atoms with van der Waals surface area (Å²) in [6, 6.07) is 0. The van der Waals surface area contributed by atoms with Gasteiger partial charge in [0.1, 0.15) is 0 Å². The maximum atomic E-state index is 8.43. The highest BCUT2D eigenvalue weighted by Crippen LogP contribution is 2.10. The first-order chi connectivity index (χ1) is 4.33. The summed E-state index contributed by atoms with van der Waals surface area (Å²) < 4.78 is 0. The average molecular weight is 144 g/mol. The molecule has 1 rings (SSSR count). The third kappa shape index (κ3) is 1.73. The van der Waals surface area contributed by atoms with Crippen molar-refractivity contribution < 1.29 is 5.11 Å². The molecule has 0 aliphatic carbocycles. The maximum absolute atomic E-state index is 8.43. The van der Waals surface area contributed by atoms with E-state index in [9.17, 15) is 0 Å². The fourth-order valence-electron chi connectivity index (χ4n) is 0.523. The highest BCUT2D eigenvalue weighted by molar-refractivity contribution is 7.98. The van der Waals surface area contributed by atoms with Crippen LogP contribution in [0.5, 0.6) is 0 Å². The van der Waals surface area contributed by atoms with Gasteiger partial charge in [0.25, 0.3) is 0 Å². The van der Waals surface area contributed by atoms with Gasteiger partial charge in [-0.1, -0.05) is 11.8 Å². The molecule has 0 atom stereocenters. The summed E-state index contributed by atoms with van der Waals surface area (Å²) >= 11 is 1.28. The van der Waals surface area contributed by atoms with E-state index in [0.29, 0.717) is 0 Å². The quantitative estimate of drug-likeness (QED) is 0.476. The van der Waals surface area contributed by atoms with E-state index in [1.54, 1.807) is 6.20 Å². The molecule has 0 saturated heterocycles. The maximum Gasteiger partial charge on any atom is 0.167 e. The molecule has 0 saturated carbocycles. The molecule has 0 radical (unpaired) electrons. The Bertz CT molecular complexity index is 187. The van der Waals surface area contributed by atoms with Crippen LogP contribution in [0.4, 0.5) is 0 Å². The van der Waals surface area contributed by atoms with Crippen LogP contribution in [0.3, 0.4) is 0 Å². The zero-order valence-corrected chi connectivity index (χ0v) is 5.90. The minimum atomic E-state index is 0.0763. The number of aromatic nitrogens is 2. The Labute approximate surface area is 57.5 Å². The number of aromatic amines is 1. The molecule has 1 aromatic rings. The van der Waals surface area contributed by atoms with Crippen molar-refractivity contribution >= 4 is 11.8 Å². The lowest BCUT2D eigenvalue weighted by molar-refractivity contribution is 0.375. The molecule has 4 heteroatoms. The third-order valence-corrected chi connectivity index (χ3v) is 1.49. The first kappa shape index (κ1) is 6.64. The van der Waals surface area contributed by atoms with E-state index in [-0.39, 0.29) is 5.94 Å². The fourth-order valence-corrected chi connectivity index (χ4v) is 1.01. The molecule has 1 heterocycles. The van der Waals surface area contributed by atoms with Gasteiger partial charge in [-0.25, -0.2) is 4.98 Å². The van der Waals surface area contributed by atoms with Crippen LogP contribution < -0.4 is 0 Å². The van der Waals surface area contributed by atoms with Crippen molar-refractivity contribution in [3.05, 3.63) is 11.9 Å². The van der Waals surface area contributed by atoms with Gasteiger partial charge in [0.2, 0.25) is 0 Å². The minimum Gasteiger partial charge on any atom is -0.385 e. The Morgan fingerprint density at radius 1 is 1.89 bits per heavy atom. The van der Waals surface area contributed by atoms with Crippen molar-refractivity contribution in [2.24, 2.45) is 0 Å². The number of aliphatic hydroxyl groups is 1. The summed E-state index contributed by atoms with van der Waals surface area (Å²) in [6.07, 6.45) is 1.73. The standard InChI is InChI=1S/C5H8N2OS/c1-4-2-6-5(7-4)9-3-8/h2,8H,3H2,1H3,(H,6,7). The van der Waals surface area contributed by atoms with Crippen molar-refractivity contribution in [1.29, 1.82) is 0 Å². The number of thioether (sulfide) groups is 1. The molecule has 9 heavy (non-hydrogen) atoms. The molecular formula is C5H8N2OS. The number of hydrogen-bond donors (Lipinski definition) is 2. The number of aryl methyl sites for hydroxylation is 1. The van der Waals surface area contributed by atoms with Crippen LogP contribution >= 0.6 is 11.8 Å². The third-order valence-electron chi connectivity index (χ3n) is 0.881. The Morgan fingerprint density at radius 3 is 3.11 bits per heavy atom. The monoisotopic (exact) mass is 144 g/mol. The van der Waals surface area contributed by atoms with Gasteiger partial charge in [0.15, 0.2) is 5.16 Å². The number of imidazole rings is 1. The van der Waals surface area contributed by atoms with Crippen molar-refractivity contribution in [2.75, 3.05) is 5.94 Å². The summed E-state index contributed by atoms with van der Waals surface area (Å²) in [5.74, 6) is 0.0763. The largest absolute Gasteiger partial charge is 0.385 e. The van der Waals surface area contributed by atoms with Gasteiger partial charge >= 0.3 is 0 Å². The lowest BCUT2D eigenvalue weighted by Crippen LogP contribution is -1.76. The van der Waals surface area contributed by atoms with Crippen LogP contribution in [0, 0.1) is 6.92 Å². The molecule has 0 unspecified atom stereocenters. The SMILES string of the molecule is Cc1cnc(SCO)[nH]1. The van der Waals surface area contributed by atoms with Crippen LogP contribution in [-0.2, 0) is 0 Å². The summed E-state index contributed by atoms with van der Waals surface area (Å²) in [4.78, 5) is 6.92. The van der Waals surface area contributed by atoms with Crippen LogP contribution in [0.25, 0.3) is 0 Å². The van der Waals surface area contributed by atoms with Crippen LogP contribution in [0.1, 0.15) is 5.69 Å². The number of rotatable bonds is 2. The molecular weight excluding hydrogens is 136 g/mol. The van der Waals surface area contributed by atoms with Gasteiger partial charge in [-0.2, -0.15) is 0 Å². The Hall–Kier alpha value is -0.480. The predicted molar refractivity (Wildman–Crippen MR) is 36.3 cm³/mol. The van der Waals surface area contributed by atoms with Crippen molar-refractivity contribution in [3.8, 4) is 0 Å². The highest BCUT2D eigenvalue weighted by atomic mass is 32.2. The second-order valence-electron chi connectivity index (χ2n) is 1.64. The molecule has 0 bridgehead atoms. The summed E-state index contributed by atoms with van der Waals surface area (Å²) in [6.45, 7) is 1.93. The number of H-pyrrole nitrogens is 1. The van der Waals surface area contributed by atoms with Crippen LogP contribution in [0.2, 0.25) is 0 Å². The molecule has 2 N–H and O–H groups in total. The van der Waals surface area contributed by atoms with E-state index in [4.69, 9.17) is 5.11 Å². The van der Waals surface area contributed by atoms with E-state index in [2.05, 4.69) is 9.97 Å². The van der Waals surface area contributed by atoms with Gasteiger partial charge in [-0.3, -0.25) is 0 Å². The van der Waals surface area contributed by atoms with Crippen molar-refractivity contribution in [2.45, 2.75) is 12.1 Å². The molecule has 0 aliphatic rings. The normalized spacial score (nSPS) is 10.0. The Balaban J connectivity index is 2.61. The molecule has 0 aliphatic heterocycles. The zero-order chi connectivity index (χ0) is 6.69. The molecule has 0 aromatic carbocycles. The van der Waals surface area contributed by atoms with Gasteiger partial charge in [-0.15, -0.1) is 0 Å². The fraction of sp³-hybridized carbons (Fsp3) is 0.400. The van der Waals surface area contributed by atoms with Crippen LogP contribution in [-0.4, -0.2) is 21.0 Å². The van der Waals surface area contributed by atoms with E-state index in [1.807, 2.05) is 6.92 Å². The number of aliphatic hydroxyl groups excluding tert-OH is 1. The smallest absolute Gasteiger partial charge is 0.167 e. The zero-order valence-electron chi connectivity index (χ0n) is 5.09. The summed E-state index contributed by atoms with van der Waals surface area (Å²) in [5.41, 5.74) is 1.02. The average Bonchev–Trinajstić information content (AvgIpc) is 2.17. The molecule has 0 amide bonds. The minimum absolute atomic E-state index is 0.0763.